The third-order valence-electron chi connectivity index (χ3n) is 3.44. The number of hydrogen-bond acceptors (Lipinski definition) is 4. The van der Waals surface area contributed by atoms with Gasteiger partial charge in [-0.05, 0) is 37.3 Å². The summed E-state index contributed by atoms with van der Waals surface area (Å²) in [5, 5.41) is 9.19. The fraction of sp³-hybridized carbons (Fsp3) is 0.143. The Bertz CT molecular complexity index is 874. The molecular formula is C21H18O5. The Balaban J connectivity index is 2.28. The maximum absolute atomic E-state index is 12.4. The van der Waals surface area contributed by atoms with Crippen molar-refractivity contribution in [2.24, 2.45) is 0 Å². The van der Waals surface area contributed by atoms with Gasteiger partial charge in [-0.3, -0.25) is 4.79 Å². The minimum absolute atomic E-state index is 0.0368. The summed E-state index contributed by atoms with van der Waals surface area (Å²) < 4.78 is 10.9. The average Bonchev–Trinajstić information content (AvgIpc) is 2.65. The largest absolute Gasteiger partial charge is 0.493 e. The van der Waals surface area contributed by atoms with Crippen LogP contribution in [0.25, 0.3) is 6.08 Å². The summed E-state index contributed by atoms with van der Waals surface area (Å²) in [5.41, 5.74) is 0.759. The van der Waals surface area contributed by atoms with Gasteiger partial charge in [0.15, 0.2) is 5.78 Å². The van der Waals surface area contributed by atoms with Crippen LogP contribution in [0, 0.1) is 12.3 Å². The van der Waals surface area contributed by atoms with Crippen LogP contribution in [0.15, 0.2) is 48.5 Å². The standard InChI is InChI=1S/C21H18O5/c1-3-13-26-16-11-9-15(20(14-16)25-4-2)10-12-19(22)17-7-5-6-8-18(17)21(23)24/h1,5-12,14H,4,13H2,2H3,(H,23,24)/b12-10+. The summed E-state index contributed by atoms with van der Waals surface area (Å²) in [5.74, 6) is 1.94. The SMILES string of the molecule is C#CCOc1ccc(/C=C/C(=O)c2ccccc2C(=O)O)c(OCC)c1. The van der Waals surface area contributed by atoms with Crippen LogP contribution in [-0.4, -0.2) is 30.1 Å². The summed E-state index contributed by atoms with van der Waals surface area (Å²) in [6, 6.07) is 11.2. The van der Waals surface area contributed by atoms with E-state index >= 15 is 0 Å². The molecule has 0 unspecified atom stereocenters. The number of hydrogen-bond donors (Lipinski definition) is 1. The number of aromatic carboxylic acids is 1. The second-order valence-corrected chi connectivity index (χ2v) is 5.17. The number of terminal acetylenes is 1. The Kier molecular flexibility index (Phi) is 6.58. The Morgan fingerprint density at radius 3 is 2.54 bits per heavy atom. The predicted octanol–water partition coefficient (Wildman–Crippen LogP) is 3.69. The molecule has 0 atom stereocenters. The first-order valence-corrected chi connectivity index (χ1v) is 7.94. The second kappa shape index (κ2) is 9.09. The van der Waals surface area contributed by atoms with Gasteiger partial charge in [0.25, 0.3) is 0 Å². The lowest BCUT2D eigenvalue weighted by molar-refractivity contribution is 0.0693. The van der Waals surface area contributed by atoms with Crippen LogP contribution < -0.4 is 9.47 Å². The smallest absolute Gasteiger partial charge is 0.336 e. The zero-order valence-corrected chi connectivity index (χ0v) is 14.3. The van der Waals surface area contributed by atoms with Crippen molar-refractivity contribution in [3.8, 4) is 23.8 Å². The molecule has 0 bridgehead atoms. The molecule has 0 aliphatic carbocycles. The van der Waals surface area contributed by atoms with Gasteiger partial charge in [-0.2, -0.15) is 0 Å². The van der Waals surface area contributed by atoms with Gasteiger partial charge >= 0.3 is 5.97 Å². The number of carboxylic acid groups (broad SMARTS) is 1. The van der Waals surface area contributed by atoms with E-state index in [1.54, 1.807) is 36.4 Å². The van der Waals surface area contributed by atoms with Gasteiger partial charge in [0.1, 0.15) is 18.1 Å². The van der Waals surface area contributed by atoms with Gasteiger partial charge in [0, 0.05) is 17.2 Å². The van der Waals surface area contributed by atoms with E-state index in [4.69, 9.17) is 15.9 Å². The van der Waals surface area contributed by atoms with Gasteiger partial charge in [0.05, 0.1) is 12.2 Å². The molecule has 5 heteroatoms. The zero-order valence-electron chi connectivity index (χ0n) is 14.3. The topological polar surface area (TPSA) is 72.8 Å². The summed E-state index contributed by atoms with van der Waals surface area (Å²) >= 11 is 0. The van der Waals surface area contributed by atoms with Crippen LogP contribution in [0.3, 0.4) is 0 Å². The van der Waals surface area contributed by atoms with Crippen LogP contribution in [0.1, 0.15) is 33.2 Å². The quantitative estimate of drug-likeness (QED) is 0.446. The predicted molar refractivity (Wildman–Crippen MR) is 98.7 cm³/mol. The molecule has 0 aromatic heterocycles. The third-order valence-corrected chi connectivity index (χ3v) is 3.44. The molecule has 0 heterocycles. The van der Waals surface area contributed by atoms with Gasteiger partial charge in [-0.1, -0.05) is 24.1 Å². The van der Waals surface area contributed by atoms with E-state index < -0.39 is 11.8 Å². The Labute approximate surface area is 151 Å². The molecule has 0 saturated carbocycles. The molecule has 1 N–H and O–H groups in total. The summed E-state index contributed by atoms with van der Waals surface area (Å²) in [6.45, 7) is 2.43. The van der Waals surface area contributed by atoms with E-state index in [0.717, 1.165) is 0 Å². The van der Waals surface area contributed by atoms with E-state index in [0.29, 0.717) is 23.7 Å². The molecule has 132 valence electrons. The van der Waals surface area contributed by atoms with Gasteiger partial charge in [0.2, 0.25) is 0 Å². The van der Waals surface area contributed by atoms with Crippen molar-refractivity contribution in [3.63, 3.8) is 0 Å². The first kappa shape index (κ1) is 18.8. The second-order valence-electron chi connectivity index (χ2n) is 5.17. The van der Waals surface area contributed by atoms with Crippen molar-refractivity contribution >= 4 is 17.8 Å². The fourth-order valence-corrected chi connectivity index (χ4v) is 2.29. The molecule has 2 aromatic carbocycles. The minimum atomic E-state index is -1.15. The Morgan fingerprint density at radius 1 is 1.15 bits per heavy atom. The first-order valence-electron chi connectivity index (χ1n) is 7.94. The van der Waals surface area contributed by atoms with E-state index in [1.165, 1.54) is 18.2 Å². The van der Waals surface area contributed by atoms with Gasteiger partial charge in [-0.25, -0.2) is 4.79 Å². The maximum Gasteiger partial charge on any atom is 0.336 e. The van der Waals surface area contributed by atoms with E-state index in [9.17, 15) is 14.7 Å². The van der Waals surface area contributed by atoms with Crippen molar-refractivity contribution in [2.45, 2.75) is 6.92 Å². The van der Waals surface area contributed by atoms with Gasteiger partial charge in [-0.15, -0.1) is 6.42 Å². The lowest BCUT2D eigenvalue weighted by atomic mass is 10.0. The normalized spacial score (nSPS) is 10.3. The van der Waals surface area contributed by atoms with Crippen molar-refractivity contribution in [3.05, 3.63) is 65.2 Å². The number of carbonyl (C=O) groups is 2. The highest BCUT2D eigenvalue weighted by Crippen LogP contribution is 2.26. The molecule has 0 radical (unpaired) electrons. The van der Waals surface area contributed by atoms with Crippen LogP contribution >= 0.6 is 0 Å². The molecule has 0 fully saturated rings. The van der Waals surface area contributed by atoms with Crippen molar-refractivity contribution in [1.29, 1.82) is 0 Å². The molecule has 26 heavy (non-hydrogen) atoms. The first-order chi connectivity index (χ1) is 12.6. The van der Waals surface area contributed by atoms with Crippen LogP contribution in [0.5, 0.6) is 11.5 Å². The fourth-order valence-electron chi connectivity index (χ4n) is 2.29. The number of allylic oxidation sites excluding steroid dienone is 1. The highest BCUT2D eigenvalue weighted by atomic mass is 16.5. The van der Waals surface area contributed by atoms with Gasteiger partial charge < -0.3 is 14.6 Å². The summed E-state index contributed by atoms with van der Waals surface area (Å²) in [6.07, 6.45) is 8.08. The number of ether oxygens (including phenoxy) is 2. The summed E-state index contributed by atoms with van der Waals surface area (Å²) in [4.78, 5) is 23.6. The van der Waals surface area contributed by atoms with Crippen molar-refractivity contribution in [1.82, 2.24) is 0 Å². The van der Waals surface area contributed by atoms with Crippen LogP contribution in [-0.2, 0) is 0 Å². The number of carbonyl (C=O) groups excluding carboxylic acids is 1. The molecule has 0 aliphatic rings. The maximum atomic E-state index is 12.4. The van der Waals surface area contributed by atoms with Crippen molar-refractivity contribution in [2.75, 3.05) is 13.2 Å². The molecule has 5 nitrogen and oxygen atoms in total. The molecule has 0 amide bonds. The van der Waals surface area contributed by atoms with Crippen LogP contribution in [0.4, 0.5) is 0 Å². The monoisotopic (exact) mass is 350 g/mol. The lowest BCUT2D eigenvalue weighted by Gasteiger charge is -2.10. The van der Waals surface area contributed by atoms with E-state index in [2.05, 4.69) is 5.92 Å². The van der Waals surface area contributed by atoms with Crippen LogP contribution in [0.2, 0.25) is 0 Å². The molecule has 2 aromatic rings. The number of rotatable bonds is 8. The summed E-state index contributed by atoms with van der Waals surface area (Å²) in [7, 11) is 0. The minimum Gasteiger partial charge on any atom is -0.493 e. The number of carboxylic acids is 1. The molecule has 2 rings (SSSR count). The Morgan fingerprint density at radius 2 is 1.88 bits per heavy atom. The number of benzene rings is 2. The lowest BCUT2D eigenvalue weighted by Crippen LogP contribution is -2.06. The number of ketones is 1. The molecule has 0 spiro atoms. The molecule has 0 aliphatic heterocycles. The third kappa shape index (κ3) is 4.74. The Hall–Kier alpha value is -3.52. The highest BCUT2D eigenvalue weighted by Gasteiger charge is 2.13. The highest BCUT2D eigenvalue weighted by molar-refractivity contribution is 6.12. The molecule has 0 saturated heterocycles. The van der Waals surface area contributed by atoms with E-state index in [1.807, 2.05) is 6.92 Å². The van der Waals surface area contributed by atoms with Crippen molar-refractivity contribution < 1.29 is 24.2 Å². The average molecular weight is 350 g/mol. The van der Waals surface area contributed by atoms with E-state index in [-0.39, 0.29) is 17.7 Å². The zero-order chi connectivity index (χ0) is 18.9. The molecular weight excluding hydrogens is 332 g/mol.